The molecule has 110 valence electrons. The molecule has 20 heavy (non-hydrogen) atoms. The molecule has 5 nitrogen and oxygen atoms in total. The van der Waals surface area contributed by atoms with Crippen molar-refractivity contribution in [1.29, 1.82) is 0 Å². The van der Waals surface area contributed by atoms with Crippen LogP contribution >= 0.6 is 0 Å². The Morgan fingerprint density at radius 1 is 1.15 bits per heavy atom. The number of methoxy groups -OCH3 is 1. The Morgan fingerprint density at radius 2 is 1.75 bits per heavy atom. The first kappa shape index (κ1) is 15.8. The molecule has 0 aromatic heterocycles. The number of hydrogen-bond acceptors (Lipinski definition) is 3. The molecule has 0 fully saturated rings. The quantitative estimate of drug-likeness (QED) is 0.831. The number of nitrogens with one attached hydrogen (secondary N) is 2. The van der Waals surface area contributed by atoms with Crippen molar-refractivity contribution in [3.8, 4) is 0 Å². The van der Waals surface area contributed by atoms with Crippen LogP contribution in [-0.2, 0) is 10.9 Å². The Hall–Kier alpha value is -2.25. The summed E-state index contributed by atoms with van der Waals surface area (Å²) in [5.41, 5.74) is -1.46. The molecule has 0 unspecified atom stereocenters. The summed E-state index contributed by atoms with van der Waals surface area (Å²) in [5, 5.41) is 4.57. The zero-order valence-corrected chi connectivity index (χ0v) is 10.6. The molecule has 1 aromatic carbocycles. The molecule has 0 heterocycles. The molecule has 0 radical (unpaired) electrons. The van der Waals surface area contributed by atoms with E-state index in [4.69, 9.17) is 0 Å². The lowest BCUT2D eigenvalue weighted by molar-refractivity contribution is -0.137. The highest BCUT2D eigenvalue weighted by Crippen LogP contribution is 2.31. The van der Waals surface area contributed by atoms with Crippen LogP contribution in [0.15, 0.2) is 24.3 Å². The van der Waals surface area contributed by atoms with E-state index in [2.05, 4.69) is 15.4 Å². The zero-order valence-electron chi connectivity index (χ0n) is 10.6. The van der Waals surface area contributed by atoms with Gasteiger partial charge in [-0.3, -0.25) is 4.79 Å². The Morgan fingerprint density at radius 3 is 2.35 bits per heavy atom. The molecule has 8 heteroatoms. The summed E-state index contributed by atoms with van der Waals surface area (Å²) >= 11 is 0. The number of rotatable bonds is 4. The van der Waals surface area contributed by atoms with Crippen LogP contribution in [0.1, 0.15) is 15.9 Å². The van der Waals surface area contributed by atoms with Gasteiger partial charge in [0.05, 0.1) is 18.2 Å². The van der Waals surface area contributed by atoms with Crippen molar-refractivity contribution in [3.63, 3.8) is 0 Å². The second-order valence-electron chi connectivity index (χ2n) is 3.72. The van der Waals surface area contributed by atoms with Crippen LogP contribution < -0.4 is 10.6 Å². The largest absolute Gasteiger partial charge is 0.453 e. The molecule has 0 saturated heterocycles. The normalized spacial score (nSPS) is 10.8. The van der Waals surface area contributed by atoms with Crippen LogP contribution in [0.25, 0.3) is 0 Å². The van der Waals surface area contributed by atoms with E-state index in [9.17, 15) is 22.8 Å². The third-order valence-electron chi connectivity index (χ3n) is 2.34. The maximum absolute atomic E-state index is 12.7. The van der Waals surface area contributed by atoms with Crippen LogP contribution in [0, 0.1) is 0 Å². The number of hydrogen-bond donors (Lipinski definition) is 2. The van der Waals surface area contributed by atoms with Gasteiger partial charge in [-0.2, -0.15) is 13.2 Å². The molecule has 1 rings (SSSR count). The predicted octanol–water partition coefficient (Wildman–Crippen LogP) is 1.79. The number of carbonyl (C=O) groups is 2. The topological polar surface area (TPSA) is 67.4 Å². The monoisotopic (exact) mass is 290 g/mol. The van der Waals surface area contributed by atoms with Crippen molar-refractivity contribution in [1.82, 2.24) is 10.6 Å². The van der Waals surface area contributed by atoms with Gasteiger partial charge < -0.3 is 15.4 Å². The summed E-state index contributed by atoms with van der Waals surface area (Å²) in [6.07, 6.45) is -5.28. The van der Waals surface area contributed by atoms with Crippen molar-refractivity contribution in [2.24, 2.45) is 0 Å². The van der Waals surface area contributed by atoms with Gasteiger partial charge in [0.2, 0.25) is 0 Å². The minimum Gasteiger partial charge on any atom is -0.453 e. The molecule has 2 amide bonds. The Kier molecular flexibility index (Phi) is 5.36. The second kappa shape index (κ2) is 6.78. The van der Waals surface area contributed by atoms with Crippen LogP contribution in [-0.4, -0.2) is 32.2 Å². The van der Waals surface area contributed by atoms with Crippen LogP contribution in [0.2, 0.25) is 0 Å². The smallest absolute Gasteiger partial charge is 0.417 e. The van der Waals surface area contributed by atoms with E-state index >= 15 is 0 Å². The lowest BCUT2D eigenvalue weighted by atomic mass is 10.1. The minimum absolute atomic E-state index is 0.0138. The Balaban J connectivity index is 2.62. The summed E-state index contributed by atoms with van der Waals surface area (Å²) in [7, 11) is 1.17. The van der Waals surface area contributed by atoms with Gasteiger partial charge in [-0.25, -0.2) is 4.79 Å². The molecule has 0 bridgehead atoms. The van der Waals surface area contributed by atoms with E-state index in [1.54, 1.807) is 0 Å². The van der Waals surface area contributed by atoms with Gasteiger partial charge in [-0.15, -0.1) is 0 Å². The fourth-order valence-corrected chi connectivity index (χ4v) is 1.44. The van der Waals surface area contributed by atoms with E-state index in [1.165, 1.54) is 19.2 Å². The Labute approximate surface area is 113 Å². The lowest BCUT2D eigenvalue weighted by Crippen LogP contribution is -2.35. The molecular formula is C12H13F3N2O3. The van der Waals surface area contributed by atoms with Crippen molar-refractivity contribution in [3.05, 3.63) is 35.4 Å². The summed E-state index contributed by atoms with van der Waals surface area (Å²) in [4.78, 5) is 22.4. The van der Waals surface area contributed by atoms with Gasteiger partial charge in [-0.05, 0) is 12.1 Å². The number of benzene rings is 1. The van der Waals surface area contributed by atoms with E-state index in [-0.39, 0.29) is 13.1 Å². The second-order valence-corrected chi connectivity index (χ2v) is 3.72. The maximum Gasteiger partial charge on any atom is 0.417 e. The van der Waals surface area contributed by atoms with Crippen molar-refractivity contribution in [2.75, 3.05) is 20.2 Å². The number of alkyl halides is 3. The van der Waals surface area contributed by atoms with Gasteiger partial charge in [-0.1, -0.05) is 12.1 Å². The molecule has 0 saturated carbocycles. The zero-order chi connectivity index (χ0) is 15.2. The predicted molar refractivity (Wildman–Crippen MR) is 64.2 cm³/mol. The molecule has 0 aliphatic heterocycles. The van der Waals surface area contributed by atoms with Crippen LogP contribution in [0.4, 0.5) is 18.0 Å². The van der Waals surface area contributed by atoms with E-state index in [0.717, 1.165) is 12.1 Å². The van der Waals surface area contributed by atoms with E-state index < -0.39 is 29.3 Å². The lowest BCUT2D eigenvalue weighted by Gasteiger charge is -2.12. The highest BCUT2D eigenvalue weighted by atomic mass is 19.4. The third kappa shape index (κ3) is 4.45. The van der Waals surface area contributed by atoms with Crippen molar-refractivity contribution >= 4 is 12.0 Å². The number of amides is 2. The van der Waals surface area contributed by atoms with Crippen molar-refractivity contribution in [2.45, 2.75) is 6.18 Å². The number of ether oxygens (including phenoxy) is 1. The van der Waals surface area contributed by atoms with Gasteiger partial charge >= 0.3 is 12.3 Å². The summed E-state index contributed by atoms with van der Waals surface area (Å²) in [6, 6.07) is 4.47. The van der Waals surface area contributed by atoms with E-state index in [1.807, 2.05) is 0 Å². The standard InChI is InChI=1S/C12H13F3N2O3/c1-20-11(19)17-7-6-16-10(18)8-4-2-3-5-9(8)12(13,14)15/h2-5H,6-7H2,1H3,(H,16,18)(H,17,19). The molecular weight excluding hydrogens is 277 g/mol. The van der Waals surface area contributed by atoms with Gasteiger partial charge in [0.25, 0.3) is 5.91 Å². The molecule has 1 aromatic rings. The SMILES string of the molecule is COC(=O)NCCNC(=O)c1ccccc1C(F)(F)F. The fraction of sp³-hybridized carbons (Fsp3) is 0.333. The van der Waals surface area contributed by atoms with Crippen LogP contribution in [0.5, 0.6) is 0 Å². The Bertz CT molecular complexity index is 489. The minimum atomic E-state index is -4.60. The number of alkyl carbamates (subject to hydrolysis) is 1. The van der Waals surface area contributed by atoms with Gasteiger partial charge in [0.1, 0.15) is 0 Å². The van der Waals surface area contributed by atoms with Crippen molar-refractivity contribution < 1.29 is 27.5 Å². The van der Waals surface area contributed by atoms with Gasteiger partial charge in [0, 0.05) is 13.1 Å². The maximum atomic E-state index is 12.7. The van der Waals surface area contributed by atoms with Crippen LogP contribution in [0.3, 0.4) is 0 Å². The van der Waals surface area contributed by atoms with Gasteiger partial charge in [0.15, 0.2) is 0 Å². The number of halogens is 3. The van der Waals surface area contributed by atoms with E-state index in [0.29, 0.717) is 0 Å². The average Bonchev–Trinajstić information content (AvgIpc) is 2.42. The molecule has 0 aliphatic carbocycles. The molecule has 0 aliphatic rings. The molecule has 0 atom stereocenters. The first-order chi connectivity index (χ1) is 9.36. The third-order valence-corrected chi connectivity index (χ3v) is 2.34. The highest BCUT2D eigenvalue weighted by Gasteiger charge is 2.34. The fourth-order valence-electron chi connectivity index (χ4n) is 1.44. The summed E-state index contributed by atoms with van der Waals surface area (Å²) in [6.45, 7) is 0.0344. The molecule has 0 spiro atoms. The summed E-state index contributed by atoms with van der Waals surface area (Å²) < 4.78 is 42.4. The molecule has 2 N–H and O–H groups in total. The first-order valence-corrected chi connectivity index (χ1v) is 5.62. The average molecular weight is 290 g/mol. The highest BCUT2D eigenvalue weighted by molar-refractivity contribution is 5.95. The summed E-state index contributed by atoms with van der Waals surface area (Å²) in [5.74, 6) is -0.857. The number of carbonyl (C=O) groups excluding carboxylic acids is 2. The first-order valence-electron chi connectivity index (χ1n) is 5.62.